The van der Waals surface area contributed by atoms with E-state index in [1.54, 1.807) is 21.1 Å². The fraction of sp³-hybridized carbons (Fsp3) is 0.513. The van der Waals surface area contributed by atoms with Crippen LogP contribution in [-0.2, 0) is 28.7 Å². The number of nitrogens with zero attached hydrogens (tertiary/aromatic N) is 3. The monoisotopic (exact) mass is 785 g/mol. The van der Waals surface area contributed by atoms with Gasteiger partial charge < -0.3 is 40.5 Å². The molecule has 5 rings (SSSR count). The topological polar surface area (TPSA) is 188 Å². The van der Waals surface area contributed by atoms with Gasteiger partial charge in [-0.25, -0.2) is 14.6 Å². The van der Waals surface area contributed by atoms with E-state index in [1.165, 1.54) is 27.1 Å². The smallest absolute Gasteiger partial charge is 0.407 e. The van der Waals surface area contributed by atoms with Crippen molar-refractivity contribution in [3.63, 3.8) is 0 Å². The third-order valence-corrected chi connectivity index (χ3v) is 8.92. The maximum absolute atomic E-state index is 11.5. The average molecular weight is 786 g/mol. The first-order valence-electron chi connectivity index (χ1n) is 18.6. The van der Waals surface area contributed by atoms with E-state index in [0.29, 0.717) is 24.9 Å². The molecule has 6 amide bonds. The number of hydrogen-bond acceptors (Lipinski definition) is 10. The summed E-state index contributed by atoms with van der Waals surface area (Å²) in [6.07, 6.45) is 6.86. The second-order valence-electron chi connectivity index (χ2n) is 12.6. The van der Waals surface area contributed by atoms with E-state index in [-0.39, 0.29) is 24.9 Å². The second-order valence-corrected chi connectivity index (χ2v) is 13.6. The van der Waals surface area contributed by atoms with Crippen LogP contribution in [-0.4, -0.2) is 104 Å². The van der Waals surface area contributed by atoms with E-state index < -0.39 is 12.2 Å². The van der Waals surface area contributed by atoms with Gasteiger partial charge in [-0.2, -0.15) is 0 Å². The molecule has 304 valence electrons. The van der Waals surface area contributed by atoms with Crippen LogP contribution in [0.4, 0.5) is 21.0 Å². The number of fused-ring (bicyclic) bond motifs is 1. The minimum Gasteiger partial charge on any atom is -0.453 e. The van der Waals surface area contributed by atoms with Crippen molar-refractivity contribution in [2.45, 2.75) is 92.2 Å². The summed E-state index contributed by atoms with van der Waals surface area (Å²) < 4.78 is 9.75. The van der Waals surface area contributed by atoms with Crippen molar-refractivity contribution in [1.82, 2.24) is 25.4 Å². The van der Waals surface area contributed by atoms with E-state index in [4.69, 9.17) is 0 Å². The number of likely N-dealkylation sites (tertiary alicyclic amines) is 2. The summed E-state index contributed by atoms with van der Waals surface area (Å²) >= 11 is 1.55. The molecule has 1 aromatic heterocycles. The summed E-state index contributed by atoms with van der Waals surface area (Å²) in [5.41, 5.74) is 3.37. The van der Waals surface area contributed by atoms with Crippen molar-refractivity contribution in [1.29, 1.82) is 0 Å². The Balaban J connectivity index is 0.000000395. The minimum atomic E-state index is -0.565. The second kappa shape index (κ2) is 27.4. The van der Waals surface area contributed by atoms with Crippen molar-refractivity contribution in [3.05, 3.63) is 42.5 Å². The molecule has 3 heterocycles. The number of methoxy groups -OCH3 is 2. The van der Waals surface area contributed by atoms with Crippen LogP contribution in [0.1, 0.15) is 80.1 Å². The van der Waals surface area contributed by atoms with Crippen molar-refractivity contribution >= 4 is 69.7 Å². The summed E-state index contributed by atoms with van der Waals surface area (Å²) in [4.78, 5) is 73.5. The van der Waals surface area contributed by atoms with Gasteiger partial charge >= 0.3 is 12.2 Å². The lowest BCUT2D eigenvalue weighted by Gasteiger charge is -2.21. The summed E-state index contributed by atoms with van der Waals surface area (Å²) in [7, 11) is 2.55. The third-order valence-electron chi connectivity index (χ3n) is 7.86. The Labute approximate surface area is 328 Å². The number of benzene rings is 2. The number of aromatic nitrogens is 1. The Bertz CT molecular complexity index is 1570. The van der Waals surface area contributed by atoms with E-state index >= 15 is 0 Å². The molecule has 0 bridgehead atoms. The Hall–Kier alpha value is -5.25. The van der Waals surface area contributed by atoms with Crippen LogP contribution in [0, 0.1) is 0 Å². The van der Waals surface area contributed by atoms with Crippen LogP contribution < -0.4 is 21.3 Å². The van der Waals surface area contributed by atoms with Gasteiger partial charge in [0.25, 0.3) is 0 Å². The molecule has 2 saturated heterocycles. The van der Waals surface area contributed by atoms with Gasteiger partial charge in [-0.15, -0.1) is 11.3 Å². The lowest BCUT2D eigenvalue weighted by molar-refractivity contribution is -0.131. The van der Waals surface area contributed by atoms with Gasteiger partial charge in [-0.3, -0.25) is 19.2 Å². The number of amides is 6. The van der Waals surface area contributed by atoms with Crippen molar-refractivity contribution in [2.75, 3.05) is 51.0 Å². The minimum absolute atomic E-state index is 0.0248. The highest BCUT2D eigenvalue weighted by molar-refractivity contribution is 7.21. The molecule has 2 fully saturated rings. The van der Waals surface area contributed by atoms with Crippen molar-refractivity contribution < 1.29 is 38.2 Å². The van der Waals surface area contributed by atoms with Crippen LogP contribution in [0.25, 0.3) is 20.8 Å². The number of thiazole rings is 1. The van der Waals surface area contributed by atoms with Gasteiger partial charge in [0, 0.05) is 42.1 Å². The molecule has 4 N–H and O–H groups in total. The van der Waals surface area contributed by atoms with Gasteiger partial charge in [0.1, 0.15) is 18.1 Å². The van der Waals surface area contributed by atoms with Gasteiger partial charge in [0.2, 0.25) is 24.6 Å². The molecular weight excluding hydrogens is 727 g/mol. The van der Waals surface area contributed by atoms with Crippen molar-refractivity contribution in [3.8, 4) is 10.6 Å². The first-order chi connectivity index (χ1) is 26.4. The zero-order valence-electron chi connectivity index (χ0n) is 33.4. The fourth-order valence-corrected chi connectivity index (χ4v) is 6.24. The van der Waals surface area contributed by atoms with Gasteiger partial charge in [-0.1, -0.05) is 40.5 Å². The number of rotatable bonds is 9. The van der Waals surface area contributed by atoms with Crippen LogP contribution in [0.3, 0.4) is 0 Å². The normalized spacial score (nSPS) is 15.1. The maximum Gasteiger partial charge on any atom is 0.407 e. The molecule has 2 aliphatic rings. The molecule has 2 unspecified atom stereocenters. The van der Waals surface area contributed by atoms with Gasteiger partial charge in [-0.05, 0) is 82.0 Å². The number of carbonyl (C=O) groups is 6. The SMILES string of the molecule is CCC.CCC.COC(=O)NCC(=O)N1CCCC1C.COC(=O)NCC(=O)N1CCCC1C.O=CNc1ccc(-c2nc3ccc(NC=O)cc3s2)cc1. The van der Waals surface area contributed by atoms with E-state index in [2.05, 4.69) is 63.4 Å². The Morgan fingerprint density at radius 2 is 1.18 bits per heavy atom. The molecule has 0 spiro atoms. The molecule has 16 heteroatoms. The lowest BCUT2D eigenvalue weighted by Crippen LogP contribution is -2.41. The standard InChI is InChI=1S/C15H11N3O2S.2C9H16N2O3.2C3H8/c19-8-16-11-3-1-10(2-4-11)15-18-13-6-5-12(17-9-20)7-14(13)21-15;2*1-7-4-3-5-11(7)8(12)6-10-9(13)14-2;2*1-3-2/h1-9H,(H,16,19)(H,17,20);2*7H,3-6H2,1-2H3,(H,10,13);2*3H2,1-2H3. The number of nitrogens with one attached hydrogen (secondary N) is 4. The number of alkyl carbamates (subject to hydrolysis) is 2. The molecule has 0 radical (unpaired) electrons. The number of hydrogen-bond donors (Lipinski definition) is 4. The van der Waals surface area contributed by atoms with Crippen molar-refractivity contribution in [2.24, 2.45) is 0 Å². The predicted molar refractivity (Wildman–Crippen MR) is 218 cm³/mol. The zero-order valence-corrected chi connectivity index (χ0v) is 34.3. The van der Waals surface area contributed by atoms with Crippen LogP contribution in [0.5, 0.6) is 0 Å². The highest BCUT2D eigenvalue weighted by atomic mass is 32.1. The molecule has 2 atom stereocenters. The van der Waals surface area contributed by atoms with Crippen LogP contribution in [0.15, 0.2) is 42.5 Å². The first kappa shape index (κ1) is 47.8. The zero-order chi connectivity index (χ0) is 41.2. The largest absolute Gasteiger partial charge is 0.453 e. The molecule has 2 aromatic carbocycles. The average Bonchev–Trinajstić information content (AvgIpc) is 3.94. The summed E-state index contributed by atoms with van der Waals surface area (Å²) in [5, 5.41) is 10.9. The predicted octanol–water partition coefficient (Wildman–Crippen LogP) is 6.64. The molecule has 55 heavy (non-hydrogen) atoms. The number of anilines is 2. The highest BCUT2D eigenvalue weighted by Gasteiger charge is 2.26. The van der Waals surface area contributed by atoms with E-state index in [1.807, 2.05) is 56.3 Å². The van der Waals surface area contributed by atoms with Gasteiger partial charge in [0.05, 0.1) is 24.4 Å². The highest BCUT2D eigenvalue weighted by Crippen LogP contribution is 2.32. The molecule has 2 aliphatic heterocycles. The summed E-state index contributed by atoms with van der Waals surface area (Å²) in [5.74, 6) is -0.0826. The quantitative estimate of drug-likeness (QED) is 0.173. The van der Waals surface area contributed by atoms with Crippen LogP contribution >= 0.6 is 11.3 Å². The van der Waals surface area contributed by atoms with Gasteiger partial charge in [0.15, 0.2) is 0 Å². The Kier molecular flexibility index (Phi) is 23.8. The number of carbonyl (C=O) groups excluding carboxylic acids is 6. The maximum atomic E-state index is 11.5. The molecule has 0 saturated carbocycles. The fourth-order valence-electron chi connectivity index (χ4n) is 5.23. The molecule has 0 aliphatic carbocycles. The Morgan fingerprint density at radius 3 is 1.58 bits per heavy atom. The summed E-state index contributed by atoms with van der Waals surface area (Å²) in [6, 6.07) is 13.7. The molecule has 15 nitrogen and oxygen atoms in total. The van der Waals surface area contributed by atoms with E-state index in [0.717, 1.165) is 70.9 Å². The molecular formula is C39H59N7O8S. The van der Waals surface area contributed by atoms with E-state index in [9.17, 15) is 28.8 Å². The lowest BCUT2D eigenvalue weighted by atomic mass is 10.2. The van der Waals surface area contributed by atoms with Crippen LogP contribution in [0.2, 0.25) is 0 Å². The Morgan fingerprint density at radius 1 is 0.745 bits per heavy atom. The first-order valence-corrected chi connectivity index (χ1v) is 19.4. The third kappa shape index (κ3) is 17.6. The molecule has 3 aromatic rings. The summed E-state index contributed by atoms with van der Waals surface area (Å²) in [6.45, 7) is 14.2. The number of ether oxygens (including phenoxy) is 2.